The average molecular weight is 407 g/mol. The summed E-state index contributed by atoms with van der Waals surface area (Å²) in [7, 11) is 0. The molecule has 3 amide bonds. The maximum Gasteiger partial charge on any atom is 0.323 e. The van der Waals surface area contributed by atoms with E-state index in [0.29, 0.717) is 11.3 Å². The molecule has 6 heteroatoms. The van der Waals surface area contributed by atoms with Crippen LogP contribution in [-0.4, -0.2) is 43.0 Å². The van der Waals surface area contributed by atoms with Gasteiger partial charge in [0.05, 0.1) is 5.56 Å². The van der Waals surface area contributed by atoms with E-state index in [1.54, 1.807) is 0 Å². The number of hydrogen-bond donors (Lipinski definition) is 2. The first-order valence-electron chi connectivity index (χ1n) is 11.0. The fourth-order valence-electron chi connectivity index (χ4n) is 4.34. The molecule has 2 aliphatic rings. The Morgan fingerprint density at radius 3 is 2.33 bits per heavy atom. The highest BCUT2D eigenvalue weighted by molar-refractivity contribution is 6.04. The van der Waals surface area contributed by atoms with Crippen LogP contribution in [0.4, 0.5) is 21.9 Å². The second-order valence-corrected chi connectivity index (χ2v) is 8.02. The molecule has 0 spiro atoms. The summed E-state index contributed by atoms with van der Waals surface area (Å²) in [4.78, 5) is 30.0. The summed E-state index contributed by atoms with van der Waals surface area (Å²) >= 11 is 0. The van der Waals surface area contributed by atoms with Gasteiger partial charge in [-0.3, -0.25) is 4.79 Å². The Morgan fingerprint density at radius 2 is 1.60 bits per heavy atom. The van der Waals surface area contributed by atoms with Crippen LogP contribution in [0.3, 0.4) is 0 Å². The van der Waals surface area contributed by atoms with Crippen LogP contribution in [0.25, 0.3) is 0 Å². The lowest BCUT2D eigenvalue weighted by Crippen LogP contribution is -2.30. The van der Waals surface area contributed by atoms with Gasteiger partial charge in [0, 0.05) is 43.2 Å². The van der Waals surface area contributed by atoms with Crippen molar-refractivity contribution in [3.8, 4) is 0 Å². The Balaban J connectivity index is 1.55. The van der Waals surface area contributed by atoms with Gasteiger partial charge in [0.15, 0.2) is 0 Å². The number of carbonyl (C=O) groups excluding carboxylic acids is 2. The summed E-state index contributed by atoms with van der Waals surface area (Å²) < 4.78 is 0. The number of hydrogen-bond acceptors (Lipinski definition) is 3. The van der Waals surface area contributed by atoms with Crippen LogP contribution >= 0.6 is 0 Å². The fourth-order valence-corrected chi connectivity index (χ4v) is 4.34. The molecule has 4 rings (SSSR count). The highest BCUT2D eigenvalue weighted by Crippen LogP contribution is 2.29. The number of benzene rings is 2. The van der Waals surface area contributed by atoms with Crippen molar-refractivity contribution in [3.05, 3.63) is 53.6 Å². The Morgan fingerprint density at radius 1 is 0.900 bits per heavy atom. The first kappa shape index (κ1) is 20.3. The predicted octanol–water partition coefficient (Wildman–Crippen LogP) is 4.73. The van der Waals surface area contributed by atoms with E-state index >= 15 is 0 Å². The lowest BCUT2D eigenvalue weighted by molar-refractivity contribution is 0.0793. The number of likely N-dealkylation sites (tertiary alicyclic amines) is 1. The second kappa shape index (κ2) is 9.20. The van der Waals surface area contributed by atoms with Crippen LogP contribution in [0.1, 0.15) is 48.5 Å². The zero-order valence-corrected chi connectivity index (χ0v) is 17.6. The molecule has 2 aromatic rings. The summed E-state index contributed by atoms with van der Waals surface area (Å²) in [6.45, 7) is 5.63. The van der Waals surface area contributed by atoms with Crippen LogP contribution in [0.15, 0.2) is 42.5 Å². The van der Waals surface area contributed by atoms with Gasteiger partial charge in [-0.05, 0) is 61.9 Å². The van der Waals surface area contributed by atoms with Gasteiger partial charge in [0.2, 0.25) is 0 Å². The Bertz CT molecular complexity index is 915. The van der Waals surface area contributed by atoms with Gasteiger partial charge in [-0.2, -0.15) is 0 Å². The van der Waals surface area contributed by atoms with Crippen molar-refractivity contribution < 1.29 is 9.59 Å². The Kier molecular flexibility index (Phi) is 6.21. The third kappa shape index (κ3) is 4.42. The Labute approximate surface area is 178 Å². The van der Waals surface area contributed by atoms with E-state index in [4.69, 9.17) is 0 Å². The minimum atomic E-state index is -0.301. The van der Waals surface area contributed by atoms with Gasteiger partial charge in [-0.1, -0.05) is 25.1 Å². The first-order chi connectivity index (χ1) is 14.7. The largest absolute Gasteiger partial charge is 0.371 e. The number of urea groups is 1. The van der Waals surface area contributed by atoms with Crippen molar-refractivity contribution in [2.24, 2.45) is 0 Å². The van der Waals surface area contributed by atoms with Crippen LogP contribution in [-0.2, 0) is 6.42 Å². The highest BCUT2D eigenvalue weighted by atomic mass is 16.2. The van der Waals surface area contributed by atoms with Crippen LogP contribution < -0.4 is 15.5 Å². The third-order valence-electron chi connectivity index (χ3n) is 5.97. The number of nitrogens with one attached hydrogen (secondary N) is 2. The number of nitrogens with zero attached hydrogens (tertiary/aromatic N) is 2. The molecule has 0 unspecified atom stereocenters. The quantitative estimate of drug-likeness (QED) is 0.754. The van der Waals surface area contributed by atoms with Crippen molar-refractivity contribution in [1.82, 2.24) is 4.90 Å². The molecule has 6 nitrogen and oxygen atoms in total. The maximum absolute atomic E-state index is 13.2. The molecule has 2 fully saturated rings. The molecule has 0 aliphatic carbocycles. The molecule has 0 radical (unpaired) electrons. The normalized spacial score (nSPS) is 16.0. The molecule has 2 N–H and O–H groups in total. The Hall–Kier alpha value is -3.02. The van der Waals surface area contributed by atoms with Crippen molar-refractivity contribution in [2.45, 2.75) is 39.0 Å². The van der Waals surface area contributed by atoms with Crippen molar-refractivity contribution in [2.75, 3.05) is 41.7 Å². The van der Waals surface area contributed by atoms with Gasteiger partial charge in [-0.25, -0.2) is 4.79 Å². The topological polar surface area (TPSA) is 64.7 Å². The summed E-state index contributed by atoms with van der Waals surface area (Å²) in [6.07, 6.45) is 5.26. The van der Waals surface area contributed by atoms with E-state index in [1.165, 1.54) is 0 Å². The number of rotatable bonds is 5. The molecule has 2 aromatic carbocycles. The predicted molar refractivity (Wildman–Crippen MR) is 121 cm³/mol. The minimum absolute atomic E-state index is 0.0646. The summed E-state index contributed by atoms with van der Waals surface area (Å²) in [5.74, 6) is 0.0646. The second-order valence-electron chi connectivity index (χ2n) is 8.02. The van der Waals surface area contributed by atoms with E-state index in [1.807, 2.05) is 47.4 Å². The van der Waals surface area contributed by atoms with Gasteiger partial charge >= 0.3 is 6.03 Å². The molecule has 0 atom stereocenters. The molecule has 2 saturated heterocycles. The van der Waals surface area contributed by atoms with Gasteiger partial charge in [-0.15, -0.1) is 0 Å². The summed E-state index contributed by atoms with van der Waals surface area (Å²) in [5, 5.41) is 5.83. The maximum atomic E-state index is 13.2. The van der Waals surface area contributed by atoms with Crippen molar-refractivity contribution in [3.63, 3.8) is 0 Å². The van der Waals surface area contributed by atoms with E-state index in [0.717, 1.165) is 75.2 Å². The van der Waals surface area contributed by atoms with E-state index in [9.17, 15) is 9.59 Å². The third-order valence-corrected chi connectivity index (χ3v) is 5.97. The molecule has 0 bridgehead atoms. The number of aryl methyl sites for hydroxylation is 1. The monoisotopic (exact) mass is 406 g/mol. The number of para-hydroxylation sites is 1. The van der Waals surface area contributed by atoms with Crippen molar-refractivity contribution >= 4 is 29.0 Å². The summed E-state index contributed by atoms with van der Waals surface area (Å²) in [5.41, 5.74) is 4.19. The van der Waals surface area contributed by atoms with Gasteiger partial charge < -0.3 is 20.4 Å². The number of anilines is 3. The lowest BCUT2D eigenvalue weighted by Gasteiger charge is -2.24. The molecule has 2 aliphatic heterocycles. The molecule has 0 saturated carbocycles. The molecule has 30 heavy (non-hydrogen) atoms. The minimum Gasteiger partial charge on any atom is -0.371 e. The van der Waals surface area contributed by atoms with Gasteiger partial charge in [0.1, 0.15) is 0 Å². The number of carbonyl (C=O) groups is 2. The van der Waals surface area contributed by atoms with Crippen LogP contribution in [0.2, 0.25) is 0 Å². The van der Waals surface area contributed by atoms with E-state index in [-0.39, 0.29) is 11.9 Å². The average Bonchev–Trinajstić information content (AvgIpc) is 3.48. The van der Waals surface area contributed by atoms with E-state index < -0.39 is 0 Å². The first-order valence-corrected chi connectivity index (χ1v) is 11.0. The zero-order chi connectivity index (χ0) is 20.9. The molecular weight excluding hydrogens is 376 g/mol. The smallest absolute Gasteiger partial charge is 0.323 e. The van der Waals surface area contributed by atoms with Crippen LogP contribution in [0.5, 0.6) is 0 Å². The number of amides is 3. The zero-order valence-electron chi connectivity index (χ0n) is 17.6. The molecular formula is C24H30N4O2. The van der Waals surface area contributed by atoms with Gasteiger partial charge in [0.25, 0.3) is 5.91 Å². The summed E-state index contributed by atoms with van der Waals surface area (Å²) in [6, 6.07) is 13.2. The SMILES string of the molecule is CCc1ccccc1NC(=O)Nc1ccc(N2CCCC2)c(C(=O)N2CCCC2)c1. The van der Waals surface area contributed by atoms with Crippen LogP contribution in [0, 0.1) is 0 Å². The highest BCUT2D eigenvalue weighted by Gasteiger charge is 2.25. The lowest BCUT2D eigenvalue weighted by atomic mass is 10.1. The molecule has 158 valence electrons. The van der Waals surface area contributed by atoms with Crippen molar-refractivity contribution in [1.29, 1.82) is 0 Å². The standard InChI is InChI=1S/C24H30N4O2/c1-2-18-9-3-4-10-21(18)26-24(30)25-19-11-12-22(27-13-5-6-14-27)20(17-19)23(29)28-15-7-8-16-28/h3-4,9-12,17H,2,5-8,13-16H2,1H3,(H2,25,26,30). The van der Waals surface area contributed by atoms with E-state index in [2.05, 4.69) is 22.5 Å². The molecule has 2 heterocycles. The molecule has 0 aromatic heterocycles. The fraction of sp³-hybridized carbons (Fsp3) is 0.417.